The molecular formula is C8H13FN4. The first-order chi connectivity index (χ1) is 6.26. The number of nitrogens with two attached hydrogens (primary N) is 1. The average molecular weight is 184 g/mol. The minimum absolute atomic E-state index is 0.144. The van der Waals surface area contributed by atoms with Crippen molar-refractivity contribution in [3.05, 3.63) is 18.2 Å². The summed E-state index contributed by atoms with van der Waals surface area (Å²) in [7, 11) is 0. The number of halogens is 1. The van der Waals surface area contributed by atoms with Gasteiger partial charge in [-0.2, -0.15) is 0 Å². The number of rotatable bonds is 4. The Morgan fingerprint density at radius 2 is 2.15 bits per heavy atom. The molecule has 3 N–H and O–H groups in total. The third-order valence-corrected chi connectivity index (χ3v) is 1.73. The second-order valence-corrected chi connectivity index (χ2v) is 2.71. The number of aromatic nitrogens is 2. The van der Waals surface area contributed by atoms with Gasteiger partial charge in [0.15, 0.2) is 5.82 Å². The fourth-order valence-corrected chi connectivity index (χ4v) is 0.897. The van der Waals surface area contributed by atoms with Gasteiger partial charge in [0.05, 0.1) is 12.4 Å². The molecule has 1 atom stereocenters. The van der Waals surface area contributed by atoms with Gasteiger partial charge in [-0.1, -0.05) is 6.92 Å². The lowest BCUT2D eigenvalue weighted by Gasteiger charge is -2.13. The molecule has 0 aliphatic rings. The Balaban J connectivity index is 2.58. The summed E-state index contributed by atoms with van der Waals surface area (Å²) in [5.41, 5.74) is 5.47. The van der Waals surface area contributed by atoms with Gasteiger partial charge in [0, 0.05) is 12.6 Å². The number of nitrogens with one attached hydrogen (secondary N) is 1. The van der Waals surface area contributed by atoms with E-state index in [2.05, 4.69) is 15.3 Å². The highest BCUT2D eigenvalue weighted by Crippen LogP contribution is 2.01. The van der Waals surface area contributed by atoms with Crippen molar-refractivity contribution in [3.8, 4) is 0 Å². The minimum atomic E-state index is -0.439. The lowest BCUT2D eigenvalue weighted by Crippen LogP contribution is -2.28. The molecule has 72 valence electrons. The summed E-state index contributed by atoms with van der Waals surface area (Å²) < 4.78 is 12.4. The van der Waals surface area contributed by atoms with Gasteiger partial charge in [0.2, 0.25) is 5.95 Å². The largest absolute Gasteiger partial charge is 0.350 e. The van der Waals surface area contributed by atoms with E-state index in [4.69, 9.17) is 5.73 Å². The van der Waals surface area contributed by atoms with E-state index in [1.165, 1.54) is 0 Å². The minimum Gasteiger partial charge on any atom is -0.350 e. The van der Waals surface area contributed by atoms with Crippen LogP contribution >= 0.6 is 0 Å². The highest BCUT2D eigenvalue weighted by Gasteiger charge is 2.04. The summed E-state index contributed by atoms with van der Waals surface area (Å²) in [6.07, 6.45) is 3.13. The van der Waals surface area contributed by atoms with Gasteiger partial charge in [-0.15, -0.1) is 0 Å². The van der Waals surface area contributed by atoms with E-state index < -0.39 is 5.82 Å². The summed E-state index contributed by atoms with van der Waals surface area (Å²) in [4.78, 5) is 7.52. The summed E-state index contributed by atoms with van der Waals surface area (Å²) in [5, 5.41) is 2.99. The van der Waals surface area contributed by atoms with Crippen LogP contribution in [0.5, 0.6) is 0 Å². The van der Waals surface area contributed by atoms with Crippen LogP contribution in [0.4, 0.5) is 10.3 Å². The van der Waals surface area contributed by atoms with Crippen molar-refractivity contribution < 1.29 is 4.39 Å². The molecule has 5 heteroatoms. The van der Waals surface area contributed by atoms with Crippen molar-refractivity contribution in [2.75, 3.05) is 11.9 Å². The van der Waals surface area contributed by atoms with Crippen LogP contribution in [-0.4, -0.2) is 22.6 Å². The fraction of sp³-hybridized carbons (Fsp3) is 0.500. The molecular weight excluding hydrogens is 171 g/mol. The molecule has 1 aromatic rings. The van der Waals surface area contributed by atoms with Crippen LogP contribution in [0.25, 0.3) is 0 Å². The number of hydrogen-bond acceptors (Lipinski definition) is 4. The molecule has 0 radical (unpaired) electrons. The molecule has 0 spiro atoms. The van der Waals surface area contributed by atoms with Gasteiger partial charge < -0.3 is 11.1 Å². The Hall–Kier alpha value is -1.23. The van der Waals surface area contributed by atoms with Crippen molar-refractivity contribution in [2.24, 2.45) is 5.73 Å². The van der Waals surface area contributed by atoms with E-state index in [1.54, 1.807) is 0 Å². The predicted molar refractivity (Wildman–Crippen MR) is 48.7 cm³/mol. The van der Waals surface area contributed by atoms with Crippen LogP contribution in [0, 0.1) is 5.82 Å². The van der Waals surface area contributed by atoms with Gasteiger partial charge in [-0.05, 0) is 6.42 Å². The first-order valence-electron chi connectivity index (χ1n) is 4.20. The Morgan fingerprint density at radius 3 is 2.62 bits per heavy atom. The van der Waals surface area contributed by atoms with Gasteiger partial charge in [0.1, 0.15) is 0 Å². The molecule has 0 amide bonds. The third kappa shape index (κ3) is 2.95. The lowest BCUT2D eigenvalue weighted by molar-refractivity contribution is 0.612. The number of anilines is 1. The van der Waals surface area contributed by atoms with Gasteiger partial charge in [-0.3, -0.25) is 0 Å². The SMILES string of the molecule is CCC(CN)Nc1ncc(F)cn1. The molecule has 0 aliphatic carbocycles. The summed E-state index contributed by atoms with van der Waals surface area (Å²) in [6.45, 7) is 2.52. The zero-order valence-corrected chi connectivity index (χ0v) is 7.50. The zero-order chi connectivity index (χ0) is 9.68. The summed E-state index contributed by atoms with van der Waals surface area (Å²) >= 11 is 0. The van der Waals surface area contributed by atoms with Crippen LogP contribution < -0.4 is 11.1 Å². The van der Waals surface area contributed by atoms with E-state index in [0.29, 0.717) is 12.5 Å². The quantitative estimate of drug-likeness (QED) is 0.725. The Morgan fingerprint density at radius 1 is 1.54 bits per heavy atom. The maximum absolute atomic E-state index is 12.4. The molecule has 0 aliphatic heterocycles. The molecule has 13 heavy (non-hydrogen) atoms. The number of hydrogen-bond donors (Lipinski definition) is 2. The van der Waals surface area contributed by atoms with Gasteiger partial charge >= 0.3 is 0 Å². The van der Waals surface area contributed by atoms with Crippen molar-refractivity contribution in [1.82, 2.24) is 9.97 Å². The lowest BCUT2D eigenvalue weighted by atomic mass is 10.2. The fourth-order valence-electron chi connectivity index (χ4n) is 0.897. The van der Waals surface area contributed by atoms with Crippen LogP contribution in [0.15, 0.2) is 12.4 Å². The predicted octanol–water partition coefficient (Wildman–Crippen LogP) is 0.765. The molecule has 0 fully saturated rings. The van der Waals surface area contributed by atoms with E-state index >= 15 is 0 Å². The number of nitrogens with zero attached hydrogens (tertiary/aromatic N) is 2. The molecule has 0 saturated carbocycles. The van der Waals surface area contributed by atoms with E-state index in [-0.39, 0.29) is 6.04 Å². The zero-order valence-electron chi connectivity index (χ0n) is 7.50. The standard InChI is InChI=1S/C8H13FN4/c1-2-7(3-10)13-8-11-4-6(9)5-12-8/h4-5,7H,2-3,10H2,1H3,(H,11,12,13). The van der Waals surface area contributed by atoms with Crippen molar-refractivity contribution in [1.29, 1.82) is 0 Å². The van der Waals surface area contributed by atoms with Crippen molar-refractivity contribution in [3.63, 3.8) is 0 Å². The summed E-state index contributed by atoms with van der Waals surface area (Å²) in [6, 6.07) is 0.144. The van der Waals surface area contributed by atoms with Crippen LogP contribution in [-0.2, 0) is 0 Å². The average Bonchev–Trinajstić information content (AvgIpc) is 2.17. The Kier molecular flexibility index (Phi) is 3.57. The Bertz CT molecular complexity index is 245. The maximum atomic E-state index is 12.4. The van der Waals surface area contributed by atoms with Crippen molar-refractivity contribution >= 4 is 5.95 Å². The second kappa shape index (κ2) is 4.71. The molecule has 0 saturated heterocycles. The van der Waals surface area contributed by atoms with E-state index in [0.717, 1.165) is 18.8 Å². The monoisotopic (exact) mass is 184 g/mol. The van der Waals surface area contributed by atoms with E-state index in [1.807, 2.05) is 6.92 Å². The molecule has 0 bridgehead atoms. The molecule has 1 rings (SSSR count). The molecule has 1 unspecified atom stereocenters. The highest BCUT2D eigenvalue weighted by atomic mass is 19.1. The normalized spacial score (nSPS) is 12.5. The van der Waals surface area contributed by atoms with Gasteiger partial charge in [-0.25, -0.2) is 14.4 Å². The molecule has 1 aromatic heterocycles. The smallest absolute Gasteiger partial charge is 0.223 e. The summed E-state index contributed by atoms with van der Waals surface area (Å²) in [5.74, 6) is -0.0231. The van der Waals surface area contributed by atoms with Crippen LogP contribution in [0.1, 0.15) is 13.3 Å². The Labute approximate surface area is 76.4 Å². The van der Waals surface area contributed by atoms with Crippen LogP contribution in [0.3, 0.4) is 0 Å². The third-order valence-electron chi connectivity index (χ3n) is 1.73. The second-order valence-electron chi connectivity index (χ2n) is 2.71. The van der Waals surface area contributed by atoms with Gasteiger partial charge in [0.25, 0.3) is 0 Å². The highest BCUT2D eigenvalue weighted by molar-refractivity contribution is 5.24. The van der Waals surface area contributed by atoms with Crippen LogP contribution in [0.2, 0.25) is 0 Å². The maximum Gasteiger partial charge on any atom is 0.223 e. The molecule has 0 aromatic carbocycles. The molecule has 4 nitrogen and oxygen atoms in total. The molecule has 1 heterocycles. The van der Waals surface area contributed by atoms with Crippen molar-refractivity contribution in [2.45, 2.75) is 19.4 Å². The first-order valence-corrected chi connectivity index (χ1v) is 4.20. The first kappa shape index (κ1) is 9.85. The van der Waals surface area contributed by atoms with E-state index in [9.17, 15) is 4.39 Å². The topological polar surface area (TPSA) is 63.8 Å².